The van der Waals surface area contributed by atoms with E-state index in [-0.39, 0.29) is 5.56 Å². The van der Waals surface area contributed by atoms with Crippen molar-refractivity contribution in [3.05, 3.63) is 54.2 Å². The van der Waals surface area contributed by atoms with Gasteiger partial charge in [0.1, 0.15) is 3.57 Å². The summed E-state index contributed by atoms with van der Waals surface area (Å²) < 4.78 is 3.04. The number of hydrogen-bond donors (Lipinski definition) is 1. The van der Waals surface area contributed by atoms with Crippen LogP contribution in [0.1, 0.15) is 0 Å². The van der Waals surface area contributed by atoms with Crippen molar-refractivity contribution in [2.24, 2.45) is 0 Å². The molecule has 0 aliphatic rings. The van der Waals surface area contributed by atoms with Gasteiger partial charge < -0.3 is 4.98 Å². The van der Waals surface area contributed by atoms with E-state index in [1.165, 1.54) is 0 Å². The maximum absolute atomic E-state index is 12.1. The first kappa shape index (κ1) is 12.2. The zero-order valence-corrected chi connectivity index (χ0v) is 13.3. The summed E-state index contributed by atoms with van der Waals surface area (Å²) in [7, 11) is 0. The molecule has 0 aliphatic heterocycles. The van der Waals surface area contributed by atoms with Crippen LogP contribution in [0.25, 0.3) is 17.0 Å². The van der Waals surface area contributed by atoms with Gasteiger partial charge in [0.25, 0.3) is 5.56 Å². The van der Waals surface area contributed by atoms with Crippen LogP contribution in [0.2, 0.25) is 0 Å². The van der Waals surface area contributed by atoms with Crippen LogP contribution in [0.4, 0.5) is 0 Å². The number of nitrogens with one attached hydrogen (secondary N) is 1. The molecule has 90 valence electrons. The van der Waals surface area contributed by atoms with Gasteiger partial charge in [-0.2, -0.15) is 0 Å². The largest absolute Gasteiger partial charge is 0.319 e. The average molecular weight is 463 g/mol. The van der Waals surface area contributed by atoms with E-state index in [0.717, 1.165) is 15.0 Å². The maximum Gasteiger partial charge on any atom is 0.273 e. The summed E-state index contributed by atoms with van der Waals surface area (Å²) in [5.41, 5.74) is 1.75. The van der Waals surface area contributed by atoms with Crippen LogP contribution < -0.4 is 5.56 Å². The van der Waals surface area contributed by atoms with E-state index in [1.807, 2.05) is 52.9 Å². The molecule has 3 rings (SSSR count). The molecule has 18 heavy (non-hydrogen) atoms. The number of imidazole rings is 1. The summed E-state index contributed by atoms with van der Waals surface area (Å²) in [6.07, 6.45) is 1.77. The molecule has 3 aromatic rings. The number of aromatic amines is 1. The minimum absolute atomic E-state index is 0.0385. The molecule has 0 saturated carbocycles. The first-order valence-electron chi connectivity index (χ1n) is 5.18. The summed E-state index contributed by atoms with van der Waals surface area (Å²) >= 11 is 4.15. The fourth-order valence-electron chi connectivity index (χ4n) is 1.72. The third-order valence-electron chi connectivity index (χ3n) is 2.60. The zero-order chi connectivity index (χ0) is 12.7. The van der Waals surface area contributed by atoms with Gasteiger partial charge in [-0.15, -0.1) is 0 Å². The lowest BCUT2D eigenvalue weighted by Gasteiger charge is -1.96. The second kappa shape index (κ2) is 4.65. The van der Waals surface area contributed by atoms with E-state index in [9.17, 15) is 4.79 Å². The van der Waals surface area contributed by atoms with E-state index in [0.29, 0.717) is 9.35 Å². The van der Waals surface area contributed by atoms with E-state index >= 15 is 0 Å². The summed E-state index contributed by atoms with van der Waals surface area (Å²) in [4.78, 5) is 19.6. The van der Waals surface area contributed by atoms with Gasteiger partial charge in [-0.1, -0.05) is 30.3 Å². The van der Waals surface area contributed by atoms with Gasteiger partial charge in [0.2, 0.25) is 5.78 Å². The van der Waals surface area contributed by atoms with Crippen LogP contribution in [-0.4, -0.2) is 14.4 Å². The van der Waals surface area contributed by atoms with Crippen molar-refractivity contribution < 1.29 is 0 Å². The number of aromatic nitrogens is 3. The summed E-state index contributed by atoms with van der Waals surface area (Å²) in [5.74, 6) is 0.573. The SMILES string of the molecule is O=c1c(I)c(I)[nH]c2nc(-c3ccccc3)cn12. The predicted molar refractivity (Wildman–Crippen MR) is 86.7 cm³/mol. The van der Waals surface area contributed by atoms with Crippen LogP contribution in [0.3, 0.4) is 0 Å². The number of hydrogen-bond acceptors (Lipinski definition) is 2. The molecule has 0 bridgehead atoms. The third-order valence-corrected chi connectivity index (χ3v) is 5.44. The van der Waals surface area contributed by atoms with Crippen molar-refractivity contribution >= 4 is 51.0 Å². The lowest BCUT2D eigenvalue weighted by atomic mass is 10.2. The highest BCUT2D eigenvalue weighted by molar-refractivity contribution is 14.1. The molecule has 1 aromatic carbocycles. The number of halogens is 2. The van der Waals surface area contributed by atoms with E-state index in [1.54, 1.807) is 10.6 Å². The van der Waals surface area contributed by atoms with Crippen molar-refractivity contribution in [2.45, 2.75) is 0 Å². The number of fused-ring (bicyclic) bond motifs is 1. The molecule has 6 heteroatoms. The summed E-state index contributed by atoms with van der Waals surface area (Å²) in [5, 5.41) is 0. The van der Waals surface area contributed by atoms with Crippen molar-refractivity contribution in [1.29, 1.82) is 0 Å². The molecule has 4 nitrogen and oxygen atoms in total. The van der Waals surface area contributed by atoms with Gasteiger partial charge >= 0.3 is 0 Å². The Morgan fingerprint density at radius 2 is 1.89 bits per heavy atom. The van der Waals surface area contributed by atoms with Gasteiger partial charge in [-0.3, -0.25) is 9.20 Å². The molecule has 2 heterocycles. The average Bonchev–Trinajstić information content (AvgIpc) is 2.81. The Balaban J connectivity index is 2.30. The molecular weight excluding hydrogens is 456 g/mol. The van der Waals surface area contributed by atoms with Crippen LogP contribution in [0, 0.1) is 7.27 Å². The zero-order valence-electron chi connectivity index (χ0n) is 9.02. The highest BCUT2D eigenvalue weighted by atomic mass is 127. The highest BCUT2D eigenvalue weighted by Gasteiger charge is 2.11. The normalized spacial score (nSPS) is 11.0. The van der Waals surface area contributed by atoms with Crippen LogP contribution in [0.5, 0.6) is 0 Å². The minimum Gasteiger partial charge on any atom is -0.319 e. The predicted octanol–water partition coefficient (Wildman–Crippen LogP) is 2.90. The van der Waals surface area contributed by atoms with Crippen LogP contribution in [-0.2, 0) is 0 Å². The second-order valence-electron chi connectivity index (χ2n) is 3.74. The van der Waals surface area contributed by atoms with Crippen LogP contribution >= 0.6 is 45.2 Å². The monoisotopic (exact) mass is 463 g/mol. The molecule has 0 saturated heterocycles. The van der Waals surface area contributed by atoms with Crippen molar-refractivity contribution in [3.63, 3.8) is 0 Å². The summed E-state index contributed by atoms with van der Waals surface area (Å²) in [6, 6.07) is 9.81. The van der Waals surface area contributed by atoms with E-state index < -0.39 is 0 Å². The fourth-order valence-corrected chi connectivity index (χ4v) is 2.59. The van der Waals surface area contributed by atoms with Crippen LogP contribution in [0.15, 0.2) is 41.3 Å². The highest BCUT2D eigenvalue weighted by Crippen LogP contribution is 2.18. The smallest absolute Gasteiger partial charge is 0.273 e. The van der Waals surface area contributed by atoms with Crippen molar-refractivity contribution in [1.82, 2.24) is 14.4 Å². The molecule has 0 atom stereocenters. The lowest BCUT2D eigenvalue weighted by Crippen LogP contribution is -2.17. The van der Waals surface area contributed by atoms with Crippen molar-refractivity contribution in [2.75, 3.05) is 0 Å². The fraction of sp³-hybridized carbons (Fsp3) is 0. The van der Waals surface area contributed by atoms with Gasteiger partial charge in [-0.25, -0.2) is 4.98 Å². The number of H-pyrrole nitrogens is 1. The van der Waals surface area contributed by atoms with Gasteiger partial charge in [0.05, 0.1) is 9.39 Å². The first-order chi connectivity index (χ1) is 8.66. The Kier molecular flexibility index (Phi) is 3.14. The number of benzene rings is 1. The molecule has 0 radical (unpaired) electrons. The maximum atomic E-state index is 12.1. The summed E-state index contributed by atoms with van der Waals surface area (Å²) in [6.45, 7) is 0. The molecule has 2 aromatic heterocycles. The Hall–Kier alpha value is -0.900. The van der Waals surface area contributed by atoms with Gasteiger partial charge in [0.15, 0.2) is 0 Å². The Bertz CT molecular complexity index is 777. The third kappa shape index (κ3) is 1.96. The second-order valence-corrected chi connectivity index (χ2v) is 5.90. The topological polar surface area (TPSA) is 50.2 Å². The molecule has 0 aliphatic carbocycles. The minimum atomic E-state index is -0.0385. The standard InChI is InChI=1S/C12H7I2N3O/c13-9-10(14)16-12-15-8(6-17(12)11(9)18)7-4-2-1-3-5-7/h1-6H,(H,15,16). The van der Waals surface area contributed by atoms with Gasteiger partial charge in [-0.05, 0) is 45.2 Å². The number of rotatable bonds is 1. The lowest BCUT2D eigenvalue weighted by molar-refractivity contribution is 1.02. The van der Waals surface area contributed by atoms with E-state index in [4.69, 9.17) is 0 Å². The molecule has 0 unspecified atom stereocenters. The Morgan fingerprint density at radius 3 is 2.61 bits per heavy atom. The molecular formula is C12H7I2N3O. The molecule has 0 fully saturated rings. The molecule has 1 N–H and O–H groups in total. The first-order valence-corrected chi connectivity index (χ1v) is 7.34. The van der Waals surface area contributed by atoms with E-state index in [2.05, 4.69) is 32.6 Å². The quantitative estimate of drug-likeness (QED) is 0.446. The van der Waals surface area contributed by atoms with Gasteiger partial charge in [0, 0.05) is 11.8 Å². The number of nitrogens with zero attached hydrogens (tertiary/aromatic N) is 2. The Morgan fingerprint density at radius 1 is 1.17 bits per heavy atom. The Labute approximate surface area is 130 Å². The van der Waals surface area contributed by atoms with Crippen molar-refractivity contribution in [3.8, 4) is 11.3 Å². The molecule has 0 amide bonds. The molecule has 0 spiro atoms.